The maximum Gasteiger partial charge on any atom is 0.221 e. The van der Waals surface area contributed by atoms with Crippen LogP contribution in [-0.4, -0.2) is 33.7 Å². The number of aromatic hydroxyl groups is 1. The van der Waals surface area contributed by atoms with E-state index in [-0.39, 0.29) is 17.4 Å². The highest BCUT2D eigenvalue weighted by Crippen LogP contribution is 2.43. The van der Waals surface area contributed by atoms with Gasteiger partial charge in [-0.25, -0.2) is 0 Å². The van der Waals surface area contributed by atoms with Gasteiger partial charge < -0.3 is 19.9 Å². The van der Waals surface area contributed by atoms with Gasteiger partial charge in [0.05, 0.1) is 12.0 Å². The largest absolute Gasteiger partial charge is 0.548 e. The smallest absolute Gasteiger partial charge is 0.221 e. The van der Waals surface area contributed by atoms with E-state index in [9.17, 15) is 19.8 Å². The fourth-order valence-corrected chi connectivity index (χ4v) is 3.50. The molecule has 0 unspecified atom stereocenters. The highest BCUT2D eigenvalue weighted by Gasteiger charge is 2.38. The minimum absolute atomic E-state index is 0.0558. The third kappa shape index (κ3) is 2.15. The van der Waals surface area contributed by atoms with Gasteiger partial charge >= 0.3 is 0 Å². The molecule has 0 aromatic heterocycles. The monoisotopic (exact) mass is 266 g/mol. The first-order chi connectivity index (χ1) is 8.52. The number of benzene rings is 1. The number of carboxylic acid groups (broad SMARTS) is 1. The van der Waals surface area contributed by atoms with E-state index in [0.717, 1.165) is 0 Å². The van der Waals surface area contributed by atoms with Gasteiger partial charge in [0.15, 0.2) is 0 Å². The molecule has 1 N–H and O–H groups in total. The molecule has 1 aliphatic rings. The number of carbonyl (C=O) groups excluding carboxylic acids is 2. The molecule has 18 heavy (non-hydrogen) atoms. The number of phenols is 1. The molecule has 5 nitrogen and oxygen atoms in total. The number of nitrogens with zero attached hydrogens (tertiary/aromatic N) is 1. The number of aliphatic carboxylic acids is 1. The fraction of sp³-hybridized carbons (Fsp3) is 0.333. The summed E-state index contributed by atoms with van der Waals surface area (Å²) in [5.41, 5.74) is 0.543. The van der Waals surface area contributed by atoms with Crippen LogP contribution in [0.2, 0.25) is 0 Å². The first-order valence-corrected chi connectivity index (χ1v) is 6.46. The topological polar surface area (TPSA) is 80.7 Å². The molecule has 1 saturated heterocycles. The molecule has 1 heterocycles. The molecule has 0 saturated carbocycles. The Morgan fingerprint density at radius 3 is 2.67 bits per heavy atom. The number of rotatable bonds is 2. The molecular weight excluding hydrogens is 254 g/mol. The van der Waals surface area contributed by atoms with E-state index >= 15 is 0 Å². The van der Waals surface area contributed by atoms with Crippen LogP contribution in [0.25, 0.3) is 0 Å². The van der Waals surface area contributed by atoms with E-state index in [1.54, 1.807) is 18.2 Å². The second-order valence-electron chi connectivity index (χ2n) is 4.01. The minimum Gasteiger partial charge on any atom is -0.548 e. The lowest BCUT2D eigenvalue weighted by molar-refractivity contribution is -0.310. The van der Waals surface area contributed by atoms with Gasteiger partial charge in [0.1, 0.15) is 11.1 Å². The van der Waals surface area contributed by atoms with E-state index in [4.69, 9.17) is 0 Å². The van der Waals surface area contributed by atoms with Crippen molar-refractivity contribution in [1.82, 2.24) is 4.90 Å². The molecule has 6 heteroatoms. The summed E-state index contributed by atoms with van der Waals surface area (Å²) in [7, 11) is 0. The predicted octanol–water partition coefficient (Wildman–Crippen LogP) is 0.105. The van der Waals surface area contributed by atoms with Crippen molar-refractivity contribution in [3.63, 3.8) is 0 Å². The van der Waals surface area contributed by atoms with Gasteiger partial charge in [-0.05, 0) is 6.07 Å². The zero-order valence-corrected chi connectivity index (χ0v) is 10.5. The fourth-order valence-electron chi connectivity index (χ4n) is 2.01. The molecule has 1 amide bonds. The van der Waals surface area contributed by atoms with Crippen LogP contribution in [-0.2, 0) is 9.59 Å². The molecule has 1 fully saturated rings. The van der Waals surface area contributed by atoms with Gasteiger partial charge in [0, 0.05) is 18.2 Å². The van der Waals surface area contributed by atoms with Crippen LogP contribution in [0, 0.1) is 0 Å². The van der Waals surface area contributed by atoms with Crippen molar-refractivity contribution in [1.29, 1.82) is 0 Å². The number of amides is 1. The lowest BCUT2D eigenvalue weighted by atomic mass is 10.1. The molecule has 1 aromatic rings. The second-order valence-corrected chi connectivity index (χ2v) is 5.12. The number of thioether (sulfide) groups is 1. The maximum atomic E-state index is 11.6. The van der Waals surface area contributed by atoms with Gasteiger partial charge in [-0.1, -0.05) is 18.2 Å². The maximum absolute atomic E-state index is 11.6. The normalized spacial score (nSPS) is 23.1. The molecular formula is C12H12NO4S-. The summed E-state index contributed by atoms with van der Waals surface area (Å²) in [6.07, 6.45) is 0. The molecule has 1 aliphatic heterocycles. The van der Waals surface area contributed by atoms with E-state index < -0.39 is 17.4 Å². The zero-order chi connectivity index (χ0) is 13.3. The van der Waals surface area contributed by atoms with Crippen LogP contribution >= 0.6 is 11.8 Å². The predicted molar refractivity (Wildman–Crippen MR) is 64.6 cm³/mol. The van der Waals surface area contributed by atoms with Gasteiger partial charge in [-0.15, -0.1) is 11.8 Å². The Hall–Kier alpha value is -1.69. The van der Waals surface area contributed by atoms with Crippen LogP contribution in [0.5, 0.6) is 5.75 Å². The third-order valence-corrected chi connectivity index (χ3v) is 4.14. The van der Waals surface area contributed by atoms with Gasteiger partial charge in [-0.2, -0.15) is 0 Å². The molecule has 2 atom stereocenters. The third-order valence-electron chi connectivity index (χ3n) is 2.84. The summed E-state index contributed by atoms with van der Waals surface area (Å²) in [5.74, 6) is -1.29. The second kappa shape index (κ2) is 4.89. The molecule has 0 radical (unpaired) electrons. The standard InChI is InChI=1S/C12H13NO4S/c1-7(14)13-9(12(16)17)6-18-11(13)8-4-2-3-5-10(8)15/h2-5,9,11,15H,6H2,1H3,(H,16,17)/p-1/t9-,11+/m0/s1. The van der Waals surface area contributed by atoms with Crippen molar-refractivity contribution in [2.75, 3.05) is 5.75 Å². The Bertz CT molecular complexity index is 491. The van der Waals surface area contributed by atoms with E-state index in [2.05, 4.69) is 0 Å². The van der Waals surface area contributed by atoms with E-state index in [1.165, 1.54) is 29.7 Å². The minimum atomic E-state index is -1.27. The van der Waals surface area contributed by atoms with Crippen LogP contribution < -0.4 is 5.11 Å². The highest BCUT2D eigenvalue weighted by atomic mass is 32.2. The van der Waals surface area contributed by atoms with E-state index in [1.807, 2.05) is 0 Å². The van der Waals surface area contributed by atoms with Crippen molar-refractivity contribution in [3.05, 3.63) is 29.8 Å². The van der Waals surface area contributed by atoms with Crippen molar-refractivity contribution in [2.24, 2.45) is 0 Å². The Morgan fingerprint density at radius 2 is 2.11 bits per heavy atom. The number of hydrogen-bond donors (Lipinski definition) is 1. The Labute approximate surface area is 108 Å². The Kier molecular flexibility index (Phi) is 3.47. The first-order valence-electron chi connectivity index (χ1n) is 5.41. The molecule has 96 valence electrons. The molecule has 1 aromatic carbocycles. The van der Waals surface area contributed by atoms with Crippen LogP contribution in [0.1, 0.15) is 17.9 Å². The summed E-state index contributed by atoms with van der Waals surface area (Å²) >= 11 is 1.31. The Balaban J connectivity index is 2.37. The summed E-state index contributed by atoms with van der Waals surface area (Å²) in [5, 5.41) is 20.3. The van der Waals surface area contributed by atoms with Crippen LogP contribution in [0.4, 0.5) is 0 Å². The lowest BCUT2D eigenvalue weighted by Gasteiger charge is -2.29. The number of phenolic OH excluding ortho intramolecular Hbond substituents is 1. The average Bonchev–Trinajstić information content (AvgIpc) is 2.74. The number of para-hydroxylation sites is 1. The van der Waals surface area contributed by atoms with Crippen LogP contribution in [0.3, 0.4) is 0 Å². The molecule has 0 spiro atoms. The molecule has 2 rings (SSSR count). The number of carboxylic acids is 1. The zero-order valence-electron chi connectivity index (χ0n) is 9.70. The molecule has 0 aliphatic carbocycles. The van der Waals surface area contributed by atoms with Gasteiger partial charge in [-0.3, -0.25) is 4.79 Å². The molecule has 0 bridgehead atoms. The summed E-state index contributed by atoms with van der Waals surface area (Å²) in [4.78, 5) is 23.8. The van der Waals surface area contributed by atoms with Crippen molar-refractivity contribution < 1.29 is 19.8 Å². The highest BCUT2D eigenvalue weighted by molar-refractivity contribution is 7.99. The summed E-state index contributed by atoms with van der Waals surface area (Å²) in [6, 6.07) is 5.66. The summed E-state index contributed by atoms with van der Waals surface area (Å²) in [6.45, 7) is 1.31. The first kappa shape index (κ1) is 12.8. The van der Waals surface area contributed by atoms with Crippen molar-refractivity contribution in [3.8, 4) is 5.75 Å². The quantitative estimate of drug-likeness (QED) is 0.821. The van der Waals surface area contributed by atoms with Crippen LogP contribution in [0.15, 0.2) is 24.3 Å². The van der Waals surface area contributed by atoms with E-state index in [0.29, 0.717) is 5.56 Å². The average molecular weight is 266 g/mol. The Morgan fingerprint density at radius 1 is 1.44 bits per heavy atom. The number of carbonyl (C=O) groups is 2. The van der Waals surface area contributed by atoms with Crippen molar-refractivity contribution in [2.45, 2.75) is 18.3 Å². The lowest BCUT2D eigenvalue weighted by Crippen LogP contribution is -2.48. The SMILES string of the molecule is CC(=O)N1[C@@H](c2ccccc2O)SC[C@H]1C(=O)[O-]. The number of hydrogen-bond acceptors (Lipinski definition) is 5. The summed E-state index contributed by atoms with van der Waals surface area (Å²) < 4.78 is 0. The van der Waals surface area contributed by atoms with Gasteiger partial charge in [0.25, 0.3) is 0 Å². The van der Waals surface area contributed by atoms with Crippen molar-refractivity contribution >= 4 is 23.6 Å². The van der Waals surface area contributed by atoms with Gasteiger partial charge in [0.2, 0.25) is 5.91 Å².